The zero-order valence-corrected chi connectivity index (χ0v) is 15.5. The number of carbonyl (C=O) groups is 1. The van der Waals surface area contributed by atoms with Gasteiger partial charge in [-0.25, -0.2) is 0 Å². The molecular formula is C21H26N4O2. The highest BCUT2D eigenvalue weighted by molar-refractivity contribution is 5.89. The Balaban J connectivity index is 1.35. The summed E-state index contributed by atoms with van der Waals surface area (Å²) >= 11 is 0. The van der Waals surface area contributed by atoms with Gasteiger partial charge in [0.05, 0.1) is 13.0 Å². The lowest BCUT2D eigenvalue weighted by atomic mass is 9.97. The summed E-state index contributed by atoms with van der Waals surface area (Å²) in [6.45, 7) is 1.17. The maximum atomic E-state index is 12.0. The van der Waals surface area contributed by atoms with E-state index >= 15 is 0 Å². The molecule has 3 rings (SSSR count). The lowest BCUT2D eigenvalue weighted by molar-refractivity contribution is -0.116. The summed E-state index contributed by atoms with van der Waals surface area (Å²) in [4.78, 5) is 12.0. The van der Waals surface area contributed by atoms with E-state index in [9.17, 15) is 4.79 Å². The molecule has 0 saturated carbocycles. The smallest absolute Gasteiger partial charge is 0.229 e. The average molecular weight is 366 g/mol. The van der Waals surface area contributed by atoms with Crippen LogP contribution in [0.3, 0.4) is 0 Å². The third-order valence-corrected chi connectivity index (χ3v) is 4.41. The molecule has 27 heavy (non-hydrogen) atoms. The van der Waals surface area contributed by atoms with Crippen LogP contribution in [-0.4, -0.2) is 29.3 Å². The number of ether oxygens (including phenoxy) is 1. The van der Waals surface area contributed by atoms with Gasteiger partial charge >= 0.3 is 0 Å². The van der Waals surface area contributed by atoms with Crippen LogP contribution in [0.25, 0.3) is 0 Å². The minimum atomic E-state index is -0.148. The number of amides is 1. The Morgan fingerprint density at radius 1 is 1.04 bits per heavy atom. The standard InChI is InChI=1S/C21H26N4O2/c26-21(14-16-27-18-9-5-2-6-10-18)23-20-12-11-19(24-25-20)22-15-13-17-7-3-1-4-8-17/h2,5-7,9-12H,1,3-4,8,13-16H2,(H,22,24)(H,23,25,26). The molecule has 1 aliphatic rings. The van der Waals surface area contributed by atoms with Crippen molar-refractivity contribution in [3.63, 3.8) is 0 Å². The second kappa shape index (κ2) is 10.3. The highest BCUT2D eigenvalue weighted by atomic mass is 16.5. The Morgan fingerprint density at radius 2 is 1.85 bits per heavy atom. The number of nitrogens with zero attached hydrogens (tertiary/aromatic N) is 2. The normalized spacial score (nSPS) is 13.6. The van der Waals surface area contributed by atoms with Crippen molar-refractivity contribution in [2.24, 2.45) is 0 Å². The molecule has 0 spiro atoms. The zero-order valence-electron chi connectivity index (χ0n) is 15.5. The number of hydrogen-bond acceptors (Lipinski definition) is 5. The third-order valence-electron chi connectivity index (χ3n) is 4.41. The Kier molecular flexibility index (Phi) is 7.21. The van der Waals surface area contributed by atoms with Crippen molar-refractivity contribution < 1.29 is 9.53 Å². The third kappa shape index (κ3) is 6.73. The number of hydrogen-bond donors (Lipinski definition) is 2. The van der Waals surface area contributed by atoms with Crippen LogP contribution >= 0.6 is 0 Å². The quantitative estimate of drug-likeness (QED) is 0.651. The fourth-order valence-corrected chi connectivity index (χ4v) is 2.96. The summed E-state index contributed by atoms with van der Waals surface area (Å²) < 4.78 is 5.52. The fourth-order valence-electron chi connectivity index (χ4n) is 2.96. The van der Waals surface area contributed by atoms with Crippen LogP contribution in [0.2, 0.25) is 0 Å². The highest BCUT2D eigenvalue weighted by Crippen LogP contribution is 2.20. The molecule has 2 aromatic rings. The van der Waals surface area contributed by atoms with E-state index in [1.165, 1.54) is 31.3 Å². The molecule has 0 bridgehead atoms. The first-order valence-corrected chi connectivity index (χ1v) is 9.53. The van der Waals surface area contributed by atoms with E-state index in [0.717, 1.165) is 24.5 Å². The molecule has 0 atom stereocenters. The summed E-state index contributed by atoms with van der Waals surface area (Å²) in [6.07, 6.45) is 8.70. The molecule has 2 N–H and O–H groups in total. The Bertz CT molecular complexity index is 745. The van der Waals surface area contributed by atoms with Crippen LogP contribution < -0.4 is 15.4 Å². The molecule has 0 fully saturated rings. The van der Waals surface area contributed by atoms with Gasteiger partial charge < -0.3 is 15.4 Å². The number of anilines is 2. The number of allylic oxidation sites excluding steroid dienone is 1. The molecule has 142 valence electrons. The molecule has 1 heterocycles. The summed E-state index contributed by atoms with van der Waals surface area (Å²) in [6, 6.07) is 13.0. The maximum Gasteiger partial charge on any atom is 0.229 e. The number of rotatable bonds is 9. The van der Waals surface area contributed by atoms with Gasteiger partial charge in [0.15, 0.2) is 5.82 Å². The van der Waals surface area contributed by atoms with Crippen molar-refractivity contribution in [2.75, 3.05) is 23.8 Å². The largest absolute Gasteiger partial charge is 0.493 e. The van der Waals surface area contributed by atoms with Crippen LogP contribution in [0.15, 0.2) is 54.1 Å². The average Bonchev–Trinajstić information content (AvgIpc) is 2.71. The molecule has 0 unspecified atom stereocenters. The van der Waals surface area contributed by atoms with Gasteiger partial charge in [0, 0.05) is 6.54 Å². The van der Waals surface area contributed by atoms with Gasteiger partial charge in [0.2, 0.25) is 5.91 Å². The van der Waals surface area contributed by atoms with E-state index in [1.54, 1.807) is 6.07 Å². The molecule has 0 aliphatic heterocycles. The van der Waals surface area contributed by atoms with E-state index in [0.29, 0.717) is 12.4 Å². The number of nitrogens with one attached hydrogen (secondary N) is 2. The van der Waals surface area contributed by atoms with E-state index in [-0.39, 0.29) is 12.3 Å². The Morgan fingerprint density at radius 3 is 2.59 bits per heavy atom. The predicted molar refractivity (Wildman–Crippen MR) is 107 cm³/mol. The van der Waals surface area contributed by atoms with Gasteiger partial charge in [-0.2, -0.15) is 0 Å². The van der Waals surface area contributed by atoms with E-state index in [4.69, 9.17) is 4.74 Å². The van der Waals surface area contributed by atoms with Crippen LogP contribution in [0.5, 0.6) is 5.75 Å². The van der Waals surface area contributed by atoms with Gasteiger partial charge in [-0.3, -0.25) is 4.79 Å². The summed E-state index contributed by atoms with van der Waals surface area (Å²) in [5, 5.41) is 14.2. The summed E-state index contributed by atoms with van der Waals surface area (Å²) in [5.74, 6) is 1.77. The van der Waals surface area contributed by atoms with Crippen molar-refractivity contribution in [1.29, 1.82) is 0 Å². The van der Waals surface area contributed by atoms with Gasteiger partial charge in [0.25, 0.3) is 0 Å². The topological polar surface area (TPSA) is 76.1 Å². The number of carbonyl (C=O) groups excluding carboxylic acids is 1. The van der Waals surface area contributed by atoms with Gasteiger partial charge in [-0.05, 0) is 56.4 Å². The van der Waals surface area contributed by atoms with Crippen LogP contribution in [-0.2, 0) is 4.79 Å². The Hall–Kier alpha value is -2.89. The SMILES string of the molecule is O=C(CCOc1ccccc1)Nc1ccc(NCCC2=CCCCC2)nn1. The number of para-hydroxylation sites is 1. The monoisotopic (exact) mass is 366 g/mol. The highest BCUT2D eigenvalue weighted by Gasteiger charge is 2.06. The van der Waals surface area contributed by atoms with Crippen LogP contribution in [0.4, 0.5) is 11.6 Å². The molecule has 1 amide bonds. The lowest BCUT2D eigenvalue weighted by Gasteiger charge is -2.13. The van der Waals surface area contributed by atoms with Gasteiger partial charge in [-0.15, -0.1) is 10.2 Å². The second-order valence-electron chi connectivity index (χ2n) is 6.55. The minimum absolute atomic E-state index is 0.148. The minimum Gasteiger partial charge on any atom is -0.493 e. The molecule has 0 saturated heterocycles. The molecule has 6 nitrogen and oxygen atoms in total. The summed E-state index contributed by atoms with van der Waals surface area (Å²) in [7, 11) is 0. The van der Waals surface area contributed by atoms with E-state index in [2.05, 4.69) is 26.9 Å². The van der Waals surface area contributed by atoms with Gasteiger partial charge in [-0.1, -0.05) is 29.8 Å². The first-order chi connectivity index (χ1) is 13.3. The molecule has 1 aromatic carbocycles. The molecule has 1 aliphatic carbocycles. The van der Waals surface area contributed by atoms with Gasteiger partial charge in [0.1, 0.15) is 11.6 Å². The second-order valence-corrected chi connectivity index (χ2v) is 6.55. The molecule has 1 aromatic heterocycles. The fraction of sp³-hybridized carbons (Fsp3) is 0.381. The maximum absolute atomic E-state index is 12.0. The summed E-state index contributed by atoms with van der Waals surface area (Å²) in [5.41, 5.74) is 1.53. The van der Waals surface area contributed by atoms with Crippen LogP contribution in [0, 0.1) is 0 Å². The molecule has 0 radical (unpaired) electrons. The Labute approximate surface area is 160 Å². The lowest BCUT2D eigenvalue weighted by Crippen LogP contribution is -2.16. The number of benzene rings is 1. The van der Waals surface area contributed by atoms with Crippen molar-refractivity contribution in [3.8, 4) is 5.75 Å². The molecular weight excluding hydrogens is 340 g/mol. The first-order valence-electron chi connectivity index (χ1n) is 9.53. The van der Waals surface area contributed by atoms with E-state index < -0.39 is 0 Å². The van der Waals surface area contributed by atoms with Crippen molar-refractivity contribution >= 4 is 17.5 Å². The van der Waals surface area contributed by atoms with Crippen molar-refractivity contribution in [2.45, 2.75) is 38.5 Å². The van der Waals surface area contributed by atoms with Crippen LogP contribution in [0.1, 0.15) is 38.5 Å². The number of aromatic nitrogens is 2. The predicted octanol–water partition coefficient (Wildman–Crippen LogP) is 4.19. The van der Waals surface area contributed by atoms with Crippen molar-refractivity contribution in [3.05, 3.63) is 54.1 Å². The zero-order chi connectivity index (χ0) is 18.7. The van der Waals surface area contributed by atoms with Crippen molar-refractivity contribution in [1.82, 2.24) is 10.2 Å². The molecule has 6 heteroatoms. The first kappa shape index (κ1) is 18.9. The van der Waals surface area contributed by atoms with E-state index in [1.807, 2.05) is 36.4 Å².